The van der Waals surface area contributed by atoms with E-state index in [-0.39, 0.29) is 42.3 Å². The van der Waals surface area contributed by atoms with E-state index in [2.05, 4.69) is 10.3 Å². The highest BCUT2D eigenvalue weighted by Gasteiger charge is 2.65. The van der Waals surface area contributed by atoms with Crippen LogP contribution in [0.25, 0.3) is 0 Å². The second kappa shape index (κ2) is 15.3. The van der Waals surface area contributed by atoms with Gasteiger partial charge in [0.1, 0.15) is 6.04 Å². The zero-order valence-electron chi connectivity index (χ0n) is 27.0. The predicted molar refractivity (Wildman–Crippen MR) is 172 cm³/mol. The molecule has 2 aromatic carbocycles. The number of carbonyl (C=O) groups excluding carboxylic acids is 6. The Labute approximate surface area is 272 Å². The fraction of sp³-hybridized carbons (Fsp3) is 0.406. The van der Waals surface area contributed by atoms with Crippen molar-refractivity contribution in [2.45, 2.75) is 58.8 Å². The molecule has 15 heteroatoms. The Hall–Kier alpha value is -5.31. The minimum Gasteiger partial charge on any atom is -0.465 e. The Balaban J connectivity index is 2.22. The number of carbonyl (C=O) groups is 6. The minimum atomic E-state index is -3.01. The quantitative estimate of drug-likeness (QED) is 0.0754. The van der Waals surface area contributed by atoms with Crippen LogP contribution in [-0.2, 0) is 33.4 Å². The number of anilines is 1. The number of ether oxygens (including phenoxy) is 2. The fourth-order valence-electron chi connectivity index (χ4n) is 4.79. The highest BCUT2D eigenvalue weighted by molar-refractivity contribution is 6.23. The first-order valence-electron chi connectivity index (χ1n) is 14.9. The van der Waals surface area contributed by atoms with Gasteiger partial charge in [-0.3, -0.25) is 24.1 Å². The van der Waals surface area contributed by atoms with Crippen molar-refractivity contribution in [1.29, 1.82) is 0 Å². The third kappa shape index (κ3) is 8.10. The van der Waals surface area contributed by atoms with E-state index in [1.165, 1.54) is 48.5 Å². The largest absolute Gasteiger partial charge is 0.465 e. The lowest BCUT2D eigenvalue weighted by molar-refractivity contribution is -0.166. The van der Waals surface area contributed by atoms with Gasteiger partial charge >= 0.3 is 18.0 Å². The molecule has 0 aliphatic carbocycles. The van der Waals surface area contributed by atoms with Gasteiger partial charge in [0.05, 0.1) is 31.4 Å². The number of amides is 4. The molecule has 4 amide bonds. The molecule has 1 unspecified atom stereocenters. The van der Waals surface area contributed by atoms with Crippen LogP contribution in [0, 0.1) is 11.8 Å². The first-order chi connectivity index (χ1) is 22.1. The van der Waals surface area contributed by atoms with Crippen LogP contribution >= 0.6 is 0 Å². The number of hydrogen-bond donors (Lipinski definition) is 4. The molecule has 2 aromatic rings. The maximum Gasteiger partial charge on any atom is 0.362 e. The summed E-state index contributed by atoms with van der Waals surface area (Å²) >= 11 is 0. The summed E-state index contributed by atoms with van der Waals surface area (Å²) in [6.45, 7) is 7.90. The zero-order chi connectivity index (χ0) is 35.1. The lowest BCUT2D eigenvalue weighted by atomic mass is 9.96. The summed E-state index contributed by atoms with van der Waals surface area (Å²) in [5, 5.41) is 2.49. The molecule has 252 valence electrons. The Bertz CT molecular complexity index is 1520. The van der Waals surface area contributed by atoms with Crippen molar-refractivity contribution >= 4 is 52.9 Å². The molecule has 0 bridgehead atoms. The molecule has 1 saturated heterocycles. The average molecular weight is 652 g/mol. The molecule has 1 fully saturated rings. The van der Waals surface area contributed by atoms with Crippen molar-refractivity contribution in [2.75, 3.05) is 18.1 Å². The van der Waals surface area contributed by atoms with E-state index >= 15 is 0 Å². The van der Waals surface area contributed by atoms with Crippen LogP contribution in [0.2, 0.25) is 0 Å². The molecule has 0 radical (unpaired) electrons. The van der Waals surface area contributed by atoms with E-state index in [4.69, 9.17) is 26.7 Å². The number of imide groups is 1. The van der Waals surface area contributed by atoms with Gasteiger partial charge in [0, 0.05) is 5.69 Å². The van der Waals surface area contributed by atoms with Crippen molar-refractivity contribution < 1.29 is 38.2 Å². The van der Waals surface area contributed by atoms with E-state index in [9.17, 15) is 28.8 Å². The number of Topliss-reactive ketones (excluding diaryl/α,β-unsaturated/α-hetero) is 1. The highest BCUT2D eigenvalue weighted by Crippen LogP contribution is 2.37. The van der Waals surface area contributed by atoms with Gasteiger partial charge in [0.2, 0.25) is 5.91 Å². The van der Waals surface area contributed by atoms with Crippen LogP contribution in [0.1, 0.15) is 52.6 Å². The molecule has 3 atom stereocenters. The van der Waals surface area contributed by atoms with Crippen molar-refractivity contribution in [3.63, 3.8) is 0 Å². The normalized spacial score (nSPS) is 16.3. The van der Waals surface area contributed by atoms with Gasteiger partial charge in [-0.1, -0.05) is 58.0 Å². The van der Waals surface area contributed by atoms with Crippen LogP contribution in [0.4, 0.5) is 16.2 Å². The topological polar surface area (TPSA) is 230 Å². The monoisotopic (exact) mass is 651 g/mol. The first kappa shape index (κ1) is 36.2. The van der Waals surface area contributed by atoms with Gasteiger partial charge in [0.25, 0.3) is 11.6 Å². The molecule has 47 heavy (non-hydrogen) atoms. The maximum absolute atomic E-state index is 14.3. The highest BCUT2D eigenvalue weighted by atomic mass is 16.5. The first-order valence-corrected chi connectivity index (χ1v) is 14.9. The zero-order valence-corrected chi connectivity index (χ0v) is 27.0. The molecule has 0 aromatic heterocycles. The van der Waals surface area contributed by atoms with E-state index in [1.807, 2.05) is 13.8 Å². The summed E-state index contributed by atoms with van der Waals surface area (Å²) < 4.78 is 10.7. The summed E-state index contributed by atoms with van der Waals surface area (Å²) in [6.07, 6.45) is -0.630. The van der Waals surface area contributed by atoms with E-state index in [0.717, 1.165) is 6.92 Å². The van der Waals surface area contributed by atoms with Crippen LogP contribution in [0.3, 0.4) is 0 Å². The Morgan fingerprint density at radius 1 is 0.936 bits per heavy atom. The van der Waals surface area contributed by atoms with Crippen LogP contribution in [-0.4, -0.2) is 71.3 Å². The third-order valence-corrected chi connectivity index (χ3v) is 6.91. The molecular formula is C32H41N7O8. The standard InChI is InChI=1S/C32H41N7O8/c1-18(2)16-46-25(41)15-24(33)27(42)38(23-9-7-6-8-10-23)32(20(5)40,29(44)47-17-19(3)4)39-28(43)26(37-31(39)45)21-11-13-22(14-12-21)36-30(34)35/h6-14,18-19,24,26H,15-17,33H2,1-5H3,(H,37,45)(H4,34,35,36)/t24-,26?,32+/m0/s1. The number of nitrogens with one attached hydrogen (secondary N) is 1. The number of rotatable bonds is 14. The number of guanidine groups is 1. The van der Waals surface area contributed by atoms with Gasteiger partial charge in [-0.25, -0.2) is 19.5 Å². The van der Waals surface area contributed by atoms with Crippen LogP contribution < -0.4 is 27.4 Å². The fourth-order valence-corrected chi connectivity index (χ4v) is 4.79. The van der Waals surface area contributed by atoms with Crippen LogP contribution in [0.5, 0.6) is 0 Å². The lowest BCUT2D eigenvalue weighted by Gasteiger charge is -2.44. The van der Waals surface area contributed by atoms with E-state index in [1.54, 1.807) is 19.9 Å². The second-order valence-electron chi connectivity index (χ2n) is 11.8. The second-order valence-corrected chi connectivity index (χ2v) is 11.8. The maximum atomic E-state index is 14.3. The van der Waals surface area contributed by atoms with Gasteiger partial charge in [-0.05, 0) is 48.6 Å². The van der Waals surface area contributed by atoms with Crippen molar-refractivity contribution in [3.8, 4) is 0 Å². The number of nitrogens with two attached hydrogens (primary N) is 3. The van der Waals surface area contributed by atoms with E-state index in [0.29, 0.717) is 15.5 Å². The average Bonchev–Trinajstić information content (AvgIpc) is 3.30. The number of urea groups is 1. The molecule has 1 aliphatic rings. The van der Waals surface area contributed by atoms with Crippen LogP contribution in [0.15, 0.2) is 59.6 Å². The van der Waals surface area contributed by atoms with Gasteiger partial charge in [-0.15, -0.1) is 0 Å². The lowest BCUT2D eigenvalue weighted by Crippen LogP contribution is -2.74. The molecule has 1 aliphatic heterocycles. The molecule has 0 spiro atoms. The number of nitrogens with zero attached hydrogens (tertiary/aromatic N) is 3. The van der Waals surface area contributed by atoms with Crippen molar-refractivity contribution in [1.82, 2.24) is 10.2 Å². The Morgan fingerprint density at radius 2 is 1.51 bits per heavy atom. The number of aliphatic imine (C=N–C) groups is 1. The molecule has 1 heterocycles. The summed E-state index contributed by atoms with van der Waals surface area (Å²) in [4.78, 5) is 87.9. The summed E-state index contributed by atoms with van der Waals surface area (Å²) in [7, 11) is 0. The van der Waals surface area contributed by atoms with E-state index < -0.39 is 59.7 Å². The van der Waals surface area contributed by atoms with Crippen molar-refractivity contribution in [2.24, 2.45) is 34.0 Å². The predicted octanol–water partition coefficient (Wildman–Crippen LogP) is 1.62. The number of hydrogen-bond acceptors (Lipinski definition) is 10. The summed E-state index contributed by atoms with van der Waals surface area (Å²) in [5.74, 6) is -5.88. The number of esters is 2. The molecule has 0 saturated carbocycles. The number of ketones is 1. The molecule has 15 nitrogen and oxygen atoms in total. The smallest absolute Gasteiger partial charge is 0.362 e. The van der Waals surface area contributed by atoms with Crippen molar-refractivity contribution in [3.05, 3.63) is 60.2 Å². The summed E-state index contributed by atoms with van der Waals surface area (Å²) in [6, 6.07) is 9.10. The SMILES string of the molecule is CC(=O)[C@](C(=O)OCC(C)C)(N1C(=O)NC(c2ccc(N=C(N)N)cc2)C1=O)N(C(=O)[C@@H](N)CC(=O)OCC(C)C)c1ccccc1. The number of para-hydroxylation sites is 1. The molecular weight excluding hydrogens is 610 g/mol. The molecule has 3 rings (SSSR count). The third-order valence-electron chi connectivity index (χ3n) is 6.91. The van der Waals surface area contributed by atoms with Gasteiger partial charge < -0.3 is 32.0 Å². The number of benzene rings is 2. The van der Waals surface area contributed by atoms with Gasteiger partial charge in [0.15, 0.2) is 11.7 Å². The Morgan fingerprint density at radius 3 is 2.04 bits per heavy atom. The summed E-state index contributed by atoms with van der Waals surface area (Å²) in [5.41, 5.74) is 14.6. The van der Waals surface area contributed by atoms with Gasteiger partial charge in [-0.2, -0.15) is 0 Å². The Kier molecular flexibility index (Phi) is 11.8. The minimum absolute atomic E-state index is 0.00291. The molecule has 7 N–H and O–H groups in total.